The lowest BCUT2D eigenvalue weighted by Crippen LogP contribution is -2.01. The normalized spacial score (nSPS) is 15.8. The highest BCUT2D eigenvalue weighted by molar-refractivity contribution is 5.90. The lowest BCUT2D eigenvalue weighted by Gasteiger charge is -1.97. The van der Waals surface area contributed by atoms with Gasteiger partial charge in [-0.15, -0.1) is 0 Å². The molecule has 0 aromatic carbocycles. The summed E-state index contributed by atoms with van der Waals surface area (Å²) in [6, 6.07) is 0. The molecule has 1 rings (SSSR count). The van der Waals surface area contributed by atoms with Gasteiger partial charge in [-0.3, -0.25) is 0 Å². The predicted octanol–water partition coefficient (Wildman–Crippen LogP) is 0.473. The first kappa shape index (κ1) is 6.82. The van der Waals surface area contributed by atoms with E-state index in [1.807, 2.05) is 0 Å². The zero-order valence-electron chi connectivity index (χ0n) is 5.16. The minimum atomic E-state index is -1.10. The second-order valence-corrected chi connectivity index (χ2v) is 1.72. The van der Waals surface area contributed by atoms with E-state index in [-0.39, 0.29) is 17.9 Å². The van der Waals surface area contributed by atoms with Crippen LogP contribution in [0.15, 0.2) is 24.0 Å². The second kappa shape index (κ2) is 2.53. The molecule has 1 heterocycles. The van der Waals surface area contributed by atoms with Crippen molar-refractivity contribution in [3.05, 3.63) is 24.0 Å². The summed E-state index contributed by atoms with van der Waals surface area (Å²) in [6.07, 6.45) is 1.51. The Bertz CT molecular complexity index is 204. The maximum absolute atomic E-state index is 10.2. The summed E-state index contributed by atoms with van der Waals surface area (Å²) in [4.78, 5) is 19.1. The number of hydrogen-bond acceptors (Lipinski definition) is 3. The Labute approximate surface area is 57.3 Å². The molecule has 0 aromatic rings. The number of hydrogen-bond donors (Lipinski definition) is 1. The molecule has 54 valence electrons. The largest absolute Gasteiger partial charge is 0.478 e. The van der Waals surface area contributed by atoms with Crippen LogP contribution in [0.1, 0.15) is 0 Å². The summed E-state index contributed by atoms with van der Waals surface area (Å²) >= 11 is 0. The van der Waals surface area contributed by atoms with E-state index in [0.717, 1.165) is 0 Å². The molecular weight excluding hydrogens is 136 g/mol. The molecule has 0 fully saturated rings. The summed E-state index contributed by atoms with van der Waals surface area (Å²) in [5, 5.41) is 8.37. The van der Waals surface area contributed by atoms with Crippen molar-refractivity contribution in [1.29, 1.82) is 0 Å². The van der Waals surface area contributed by atoms with Gasteiger partial charge in [-0.2, -0.15) is 4.89 Å². The zero-order chi connectivity index (χ0) is 7.56. The van der Waals surface area contributed by atoms with E-state index in [1.54, 1.807) is 0 Å². The van der Waals surface area contributed by atoms with Crippen LogP contribution in [-0.4, -0.2) is 17.7 Å². The van der Waals surface area contributed by atoms with E-state index in [2.05, 4.69) is 16.4 Å². The van der Waals surface area contributed by atoms with E-state index < -0.39 is 5.97 Å². The molecule has 0 spiro atoms. The van der Waals surface area contributed by atoms with Gasteiger partial charge in [0.2, 0.25) is 0 Å². The minimum absolute atomic E-state index is 0.0856. The van der Waals surface area contributed by atoms with Crippen molar-refractivity contribution in [3.8, 4) is 0 Å². The Kier molecular flexibility index (Phi) is 1.73. The van der Waals surface area contributed by atoms with Crippen molar-refractivity contribution in [2.75, 3.05) is 6.61 Å². The van der Waals surface area contributed by atoms with Crippen LogP contribution in [0.4, 0.5) is 0 Å². The molecule has 1 N–H and O–H groups in total. The molecule has 0 aliphatic carbocycles. The van der Waals surface area contributed by atoms with Crippen molar-refractivity contribution in [2.45, 2.75) is 0 Å². The highest BCUT2D eigenvalue weighted by atomic mass is 17.2. The Balaban J connectivity index is 2.65. The monoisotopic (exact) mass is 142 g/mol. The van der Waals surface area contributed by atoms with Crippen molar-refractivity contribution >= 4 is 5.97 Å². The average molecular weight is 142 g/mol. The Morgan fingerprint density at radius 3 is 2.90 bits per heavy atom. The first-order valence-corrected chi connectivity index (χ1v) is 2.64. The molecule has 0 saturated heterocycles. The third kappa shape index (κ3) is 1.16. The van der Waals surface area contributed by atoms with E-state index in [9.17, 15) is 4.79 Å². The number of carbonyl (C=O) groups is 1. The van der Waals surface area contributed by atoms with Crippen LogP contribution in [0, 0.1) is 0 Å². The van der Waals surface area contributed by atoms with Crippen LogP contribution < -0.4 is 0 Å². The Morgan fingerprint density at radius 2 is 2.50 bits per heavy atom. The summed E-state index contributed by atoms with van der Waals surface area (Å²) in [5.74, 6) is -0.913. The van der Waals surface area contributed by atoms with Gasteiger partial charge < -0.3 is 9.99 Å². The van der Waals surface area contributed by atoms with Crippen molar-refractivity contribution in [3.63, 3.8) is 0 Å². The van der Waals surface area contributed by atoms with Crippen LogP contribution in [0.2, 0.25) is 0 Å². The van der Waals surface area contributed by atoms with Gasteiger partial charge in [0.15, 0.2) is 5.76 Å². The third-order valence-electron chi connectivity index (χ3n) is 1.04. The lowest BCUT2D eigenvalue weighted by atomic mass is 10.2. The summed E-state index contributed by atoms with van der Waals surface area (Å²) in [5.41, 5.74) is -0.0856. The van der Waals surface area contributed by atoms with Gasteiger partial charge in [-0.1, -0.05) is 6.58 Å². The van der Waals surface area contributed by atoms with E-state index >= 15 is 0 Å². The molecule has 1 aliphatic rings. The molecule has 0 saturated carbocycles. The Hall–Kier alpha value is -1.29. The van der Waals surface area contributed by atoms with Crippen LogP contribution >= 0.6 is 0 Å². The number of rotatable bonds is 2. The van der Waals surface area contributed by atoms with E-state index in [4.69, 9.17) is 5.11 Å². The molecule has 10 heavy (non-hydrogen) atoms. The highest BCUT2D eigenvalue weighted by Gasteiger charge is 2.16. The molecule has 0 bridgehead atoms. The number of aliphatic carboxylic acids is 1. The molecule has 0 aromatic heterocycles. The Morgan fingerprint density at radius 1 is 1.80 bits per heavy atom. The van der Waals surface area contributed by atoms with Crippen molar-refractivity contribution in [1.82, 2.24) is 0 Å². The molecule has 4 nitrogen and oxygen atoms in total. The van der Waals surface area contributed by atoms with Crippen LogP contribution in [0.3, 0.4) is 0 Å². The molecule has 1 aliphatic heterocycles. The molecule has 0 radical (unpaired) electrons. The third-order valence-corrected chi connectivity index (χ3v) is 1.04. The summed E-state index contributed by atoms with van der Waals surface area (Å²) < 4.78 is 0. The standard InChI is InChI=1S/C6H6O4/c1-4(6(7)8)5-2-3-9-10-5/h2H,1,3H2,(H,7,8). The average Bonchev–Trinajstić information content (AvgIpc) is 2.36. The zero-order valence-corrected chi connectivity index (χ0v) is 5.16. The second-order valence-electron chi connectivity index (χ2n) is 1.72. The smallest absolute Gasteiger partial charge is 0.339 e. The lowest BCUT2D eigenvalue weighted by molar-refractivity contribution is -0.231. The quantitative estimate of drug-likeness (QED) is 0.450. The fourth-order valence-corrected chi connectivity index (χ4v) is 0.520. The maximum atomic E-state index is 10.2. The first-order chi connectivity index (χ1) is 4.72. The molecular formula is C6H6O4. The summed E-state index contributed by atoms with van der Waals surface area (Å²) in [6.45, 7) is 3.54. The SMILES string of the molecule is C=C(C(=O)O)C1=CCOO1. The van der Waals surface area contributed by atoms with Gasteiger partial charge >= 0.3 is 5.97 Å². The van der Waals surface area contributed by atoms with Gasteiger partial charge in [0.05, 0.1) is 5.57 Å². The van der Waals surface area contributed by atoms with E-state index in [0.29, 0.717) is 0 Å². The molecule has 0 atom stereocenters. The van der Waals surface area contributed by atoms with E-state index in [1.165, 1.54) is 6.08 Å². The van der Waals surface area contributed by atoms with Crippen molar-refractivity contribution in [2.24, 2.45) is 0 Å². The molecule has 0 amide bonds. The summed E-state index contributed by atoms with van der Waals surface area (Å²) in [7, 11) is 0. The number of carboxylic acid groups (broad SMARTS) is 1. The molecule has 0 unspecified atom stereocenters. The topological polar surface area (TPSA) is 55.8 Å². The molecule has 4 heteroatoms. The first-order valence-electron chi connectivity index (χ1n) is 2.64. The van der Waals surface area contributed by atoms with Gasteiger partial charge in [0.1, 0.15) is 6.61 Å². The fraction of sp³-hybridized carbons (Fsp3) is 0.167. The van der Waals surface area contributed by atoms with Gasteiger partial charge in [-0.05, 0) is 6.08 Å². The van der Waals surface area contributed by atoms with Gasteiger partial charge in [-0.25, -0.2) is 4.79 Å². The fourth-order valence-electron chi connectivity index (χ4n) is 0.520. The highest BCUT2D eigenvalue weighted by Crippen LogP contribution is 2.14. The number of carboxylic acids is 1. The predicted molar refractivity (Wildman–Crippen MR) is 31.9 cm³/mol. The van der Waals surface area contributed by atoms with Crippen LogP contribution in [-0.2, 0) is 14.6 Å². The van der Waals surface area contributed by atoms with Gasteiger partial charge in [0.25, 0.3) is 0 Å². The maximum Gasteiger partial charge on any atom is 0.339 e. The van der Waals surface area contributed by atoms with Crippen LogP contribution in [0.5, 0.6) is 0 Å². The van der Waals surface area contributed by atoms with Crippen molar-refractivity contribution < 1.29 is 19.7 Å². The van der Waals surface area contributed by atoms with Crippen LogP contribution in [0.25, 0.3) is 0 Å². The minimum Gasteiger partial charge on any atom is -0.478 e. The van der Waals surface area contributed by atoms with Gasteiger partial charge in [0, 0.05) is 0 Å².